The minimum absolute atomic E-state index is 0.176. The molecule has 2 rings (SSSR count). The number of rotatable bonds is 2. The molecule has 0 amide bonds. The van der Waals surface area contributed by atoms with Crippen LogP contribution in [0.4, 0.5) is 0 Å². The van der Waals surface area contributed by atoms with Crippen molar-refractivity contribution in [1.82, 2.24) is 0 Å². The average Bonchev–Trinajstić information content (AvgIpc) is 2.89. The van der Waals surface area contributed by atoms with Gasteiger partial charge in [0.15, 0.2) is 0 Å². The zero-order valence-corrected chi connectivity index (χ0v) is 9.47. The molecular weight excluding hydrogens is 246 g/mol. The third kappa shape index (κ3) is 1.38. The summed E-state index contributed by atoms with van der Waals surface area (Å²) in [6.45, 7) is 0. The Balaban J connectivity index is 2.55. The lowest BCUT2D eigenvalue weighted by Gasteiger charge is -2.16. The number of phenolic OH excluding ortho intramolecular Hbond substituents is 1. The Hall–Kier alpha value is -0.740. The lowest BCUT2D eigenvalue weighted by atomic mass is 10.0. The summed E-state index contributed by atoms with van der Waals surface area (Å²) in [6, 6.07) is 3.46. The van der Waals surface area contributed by atoms with Crippen molar-refractivity contribution < 1.29 is 9.84 Å². The Bertz CT molecular complexity index is 375. The maximum atomic E-state index is 9.47. The predicted octanol–water partition coefficient (Wildman–Crippen LogP) is 2.11. The number of nitrogens with two attached hydrogens (primary N) is 1. The number of hydrogen-bond acceptors (Lipinski definition) is 3. The van der Waals surface area contributed by atoms with Gasteiger partial charge in [-0.05, 0) is 40.9 Å². The molecule has 3 N–H and O–H groups in total. The normalized spacial score (nSPS) is 17.9. The van der Waals surface area contributed by atoms with E-state index < -0.39 is 0 Å². The summed E-state index contributed by atoms with van der Waals surface area (Å²) >= 11 is 3.28. The molecule has 0 bridgehead atoms. The van der Waals surface area contributed by atoms with Crippen LogP contribution >= 0.6 is 15.9 Å². The Kier molecular flexibility index (Phi) is 2.20. The van der Waals surface area contributed by atoms with Gasteiger partial charge >= 0.3 is 0 Å². The van der Waals surface area contributed by atoms with Gasteiger partial charge in [0.05, 0.1) is 7.11 Å². The van der Waals surface area contributed by atoms with Crippen molar-refractivity contribution in [3.8, 4) is 11.5 Å². The molecular formula is C10H12BrNO2. The Labute approximate surface area is 91.0 Å². The molecule has 1 aromatic carbocycles. The predicted molar refractivity (Wildman–Crippen MR) is 57.5 cm³/mol. The third-order valence-corrected chi connectivity index (χ3v) is 3.37. The molecule has 0 heterocycles. The lowest BCUT2D eigenvalue weighted by Crippen LogP contribution is -2.19. The summed E-state index contributed by atoms with van der Waals surface area (Å²) in [5.41, 5.74) is 6.79. The van der Waals surface area contributed by atoms with Crippen LogP contribution in [-0.2, 0) is 5.54 Å². The summed E-state index contributed by atoms with van der Waals surface area (Å²) in [6.07, 6.45) is 1.95. The topological polar surface area (TPSA) is 55.5 Å². The lowest BCUT2D eigenvalue weighted by molar-refractivity contribution is 0.393. The molecule has 1 aliphatic carbocycles. The highest BCUT2D eigenvalue weighted by Crippen LogP contribution is 2.50. The number of methoxy groups -OCH3 is 1. The Morgan fingerprint density at radius 3 is 2.64 bits per heavy atom. The largest absolute Gasteiger partial charge is 0.507 e. The molecule has 0 saturated heterocycles. The number of hydrogen-bond donors (Lipinski definition) is 2. The van der Waals surface area contributed by atoms with Crippen molar-refractivity contribution in [3.63, 3.8) is 0 Å². The van der Waals surface area contributed by atoms with Gasteiger partial charge in [-0.2, -0.15) is 0 Å². The van der Waals surface area contributed by atoms with E-state index >= 15 is 0 Å². The maximum Gasteiger partial charge on any atom is 0.141 e. The van der Waals surface area contributed by atoms with Gasteiger partial charge < -0.3 is 15.6 Å². The maximum absolute atomic E-state index is 9.47. The van der Waals surface area contributed by atoms with Crippen molar-refractivity contribution in [3.05, 3.63) is 22.2 Å². The van der Waals surface area contributed by atoms with E-state index in [2.05, 4.69) is 15.9 Å². The van der Waals surface area contributed by atoms with Gasteiger partial charge in [0.25, 0.3) is 0 Å². The fourth-order valence-electron chi connectivity index (χ4n) is 1.54. The van der Waals surface area contributed by atoms with Crippen LogP contribution in [0.5, 0.6) is 11.5 Å². The standard InChI is InChI=1S/C10H12BrNO2/c1-14-9-6(10(12)4-5-10)2-3-7(13)8(9)11/h2-3,13H,4-5,12H2,1H3. The van der Waals surface area contributed by atoms with Gasteiger partial charge in [-0.3, -0.25) is 0 Å². The SMILES string of the molecule is COc1c(C2(N)CC2)ccc(O)c1Br. The highest BCUT2D eigenvalue weighted by molar-refractivity contribution is 9.10. The van der Waals surface area contributed by atoms with Gasteiger partial charge in [0.2, 0.25) is 0 Å². The number of phenols is 1. The summed E-state index contributed by atoms with van der Waals surface area (Å²) < 4.78 is 5.81. The van der Waals surface area contributed by atoms with E-state index in [-0.39, 0.29) is 11.3 Å². The molecule has 0 spiro atoms. The first kappa shape index (κ1) is 9.80. The fraction of sp³-hybridized carbons (Fsp3) is 0.400. The van der Waals surface area contributed by atoms with Crippen LogP contribution in [0.3, 0.4) is 0 Å². The molecule has 1 aromatic rings. The molecule has 1 aliphatic rings. The molecule has 4 heteroatoms. The number of benzene rings is 1. The van der Waals surface area contributed by atoms with Crippen LogP contribution in [-0.4, -0.2) is 12.2 Å². The molecule has 0 aromatic heterocycles. The first-order valence-corrected chi connectivity index (χ1v) is 5.22. The summed E-state index contributed by atoms with van der Waals surface area (Å²) in [5.74, 6) is 0.819. The second-order valence-corrected chi connectivity index (χ2v) is 4.43. The van der Waals surface area contributed by atoms with Crippen molar-refractivity contribution in [2.75, 3.05) is 7.11 Å². The fourth-order valence-corrected chi connectivity index (χ4v) is 2.05. The summed E-state index contributed by atoms with van der Waals surface area (Å²) in [5, 5.41) is 9.47. The van der Waals surface area contributed by atoms with E-state index in [1.165, 1.54) is 0 Å². The minimum Gasteiger partial charge on any atom is -0.507 e. The van der Waals surface area contributed by atoms with Crippen LogP contribution in [0.2, 0.25) is 0 Å². The minimum atomic E-state index is -0.248. The van der Waals surface area contributed by atoms with E-state index in [0.717, 1.165) is 18.4 Å². The quantitative estimate of drug-likeness (QED) is 0.854. The van der Waals surface area contributed by atoms with Crippen molar-refractivity contribution >= 4 is 15.9 Å². The van der Waals surface area contributed by atoms with Crippen LogP contribution in [0, 0.1) is 0 Å². The molecule has 1 saturated carbocycles. The Morgan fingerprint density at radius 2 is 2.14 bits per heavy atom. The zero-order valence-electron chi connectivity index (χ0n) is 7.88. The van der Waals surface area contributed by atoms with Crippen molar-refractivity contribution in [2.45, 2.75) is 18.4 Å². The number of halogens is 1. The number of ether oxygens (including phenoxy) is 1. The molecule has 3 nitrogen and oxygen atoms in total. The second kappa shape index (κ2) is 3.14. The van der Waals surface area contributed by atoms with Gasteiger partial charge in [-0.1, -0.05) is 0 Å². The second-order valence-electron chi connectivity index (χ2n) is 3.64. The summed E-state index contributed by atoms with van der Waals surface area (Å²) in [4.78, 5) is 0. The first-order chi connectivity index (χ1) is 6.58. The first-order valence-electron chi connectivity index (χ1n) is 4.43. The summed E-state index contributed by atoms with van der Waals surface area (Å²) in [7, 11) is 1.58. The van der Waals surface area contributed by atoms with Crippen molar-refractivity contribution in [1.29, 1.82) is 0 Å². The monoisotopic (exact) mass is 257 g/mol. The van der Waals surface area contributed by atoms with Gasteiger partial charge in [0, 0.05) is 11.1 Å². The molecule has 0 unspecified atom stereocenters. The van der Waals surface area contributed by atoms with E-state index in [0.29, 0.717) is 10.2 Å². The van der Waals surface area contributed by atoms with Crippen LogP contribution in [0.25, 0.3) is 0 Å². The molecule has 0 atom stereocenters. The van der Waals surface area contributed by atoms with E-state index in [9.17, 15) is 5.11 Å². The third-order valence-electron chi connectivity index (χ3n) is 2.61. The van der Waals surface area contributed by atoms with E-state index in [4.69, 9.17) is 10.5 Å². The highest BCUT2D eigenvalue weighted by Gasteiger charge is 2.42. The zero-order chi connectivity index (χ0) is 10.3. The molecule has 0 aliphatic heterocycles. The van der Waals surface area contributed by atoms with Crippen LogP contribution in [0.15, 0.2) is 16.6 Å². The average molecular weight is 258 g/mol. The van der Waals surface area contributed by atoms with Gasteiger partial charge in [0.1, 0.15) is 16.0 Å². The van der Waals surface area contributed by atoms with Gasteiger partial charge in [-0.25, -0.2) is 0 Å². The smallest absolute Gasteiger partial charge is 0.141 e. The molecule has 0 radical (unpaired) electrons. The Morgan fingerprint density at radius 1 is 1.50 bits per heavy atom. The van der Waals surface area contributed by atoms with Gasteiger partial charge in [-0.15, -0.1) is 0 Å². The van der Waals surface area contributed by atoms with Crippen molar-refractivity contribution in [2.24, 2.45) is 5.73 Å². The number of aromatic hydroxyl groups is 1. The highest BCUT2D eigenvalue weighted by atomic mass is 79.9. The van der Waals surface area contributed by atoms with Crippen LogP contribution < -0.4 is 10.5 Å². The van der Waals surface area contributed by atoms with Crippen LogP contribution in [0.1, 0.15) is 18.4 Å². The molecule has 14 heavy (non-hydrogen) atoms. The molecule has 1 fully saturated rings. The van der Waals surface area contributed by atoms with E-state index in [1.54, 1.807) is 13.2 Å². The van der Waals surface area contributed by atoms with E-state index in [1.807, 2.05) is 6.07 Å². The molecule has 76 valence electrons.